The Morgan fingerprint density at radius 1 is 1.00 bits per heavy atom. The summed E-state index contributed by atoms with van der Waals surface area (Å²) < 4.78 is 7.46. The van der Waals surface area contributed by atoms with Gasteiger partial charge >= 0.3 is 0 Å². The number of allylic oxidation sites excluding steroid dienone is 2. The van der Waals surface area contributed by atoms with Crippen molar-refractivity contribution in [1.82, 2.24) is 0 Å². The van der Waals surface area contributed by atoms with Gasteiger partial charge in [0.25, 0.3) is 0 Å². The second-order valence-corrected chi connectivity index (χ2v) is 5.13. The van der Waals surface area contributed by atoms with E-state index < -0.39 is 0 Å². The molecule has 2 aromatic carbocycles. The maximum Gasteiger partial charge on any atom is 0.204 e. The van der Waals surface area contributed by atoms with Crippen molar-refractivity contribution in [3.05, 3.63) is 84.8 Å². The van der Waals surface area contributed by atoms with Crippen molar-refractivity contribution in [2.45, 2.75) is 0 Å². The molecule has 23 heavy (non-hydrogen) atoms. The monoisotopic (exact) mass is 307 g/mol. The summed E-state index contributed by atoms with van der Waals surface area (Å²) in [5, 5.41) is 0. The van der Waals surface area contributed by atoms with E-state index in [9.17, 15) is 0 Å². The summed E-state index contributed by atoms with van der Waals surface area (Å²) in [6.07, 6.45) is 7.87. The molecule has 0 saturated heterocycles. The summed E-state index contributed by atoms with van der Waals surface area (Å²) >= 11 is 0. The van der Waals surface area contributed by atoms with Crippen molar-refractivity contribution >= 4 is 17.6 Å². The number of ether oxygens (including phenoxy) is 1. The Morgan fingerprint density at radius 2 is 1.61 bits per heavy atom. The van der Waals surface area contributed by atoms with E-state index in [1.165, 1.54) is 0 Å². The van der Waals surface area contributed by atoms with E-state index in [1.54, 1.807) is 7.11 Å². The van der Waals surface area contributed by atoms with Crippen LogP contribution in [0.15, 0.2) is 84.8 Å². The van der Waals surface area contributed by atoms with Gasteiger partial charge in [-0.1, -0.05) is 36.4 Å². The first-order valence-corrected chi connectivity index (χ1v) is 7.54. The molecule has 0 atom stereocenters. The Hall–Kier alpha value is -2.81. The molecule has 2 rings (SSSR count). The minimum Gasteiger partial charge on any atom is -0.496 e. The largest absolute Gasteiger partial charge is 0.496 e. The average molecular weight is 307 g/mol. The number of nitrogens with zero attached hydrogens (tertiary/aromatic N) is 2. The lowest BCUT2D eigenvalue weighted by molar-refractivity contribution is -0.398. The van der Waals surface area contributed by atoms with Crippen molar-refractivity contribution in [2.75, 3.05) is 26.1 Å². The normalized spacial score (nSPS) is 12.5. The summed E-state index contributed by atoms with van der Waals surface area (Å²) in [5.74, 6) is 0.788. The molecule has 0 aliphatic rings. The van der Waals surface area contributed by atoms with Gasteiger partial charge < -0.3 is 9.64 Å². The predicted molar refractivity (Wildman–Crippen MR) is 97.4 cm³/mol. The van der Waals surface area contributed by atoms with Crippen LogP contribution in [0.25, 0.3) is 0 Å². The fraction of sp³-hybridized carbons (Fsp3) is 0.150. The first-order chi connectivity index (χ1) is 11.2. The summed E-state index contributed by atoms with van der Waals surface area (Å²) in [7, 11) is 5.70. The molecular formula is C20H23N2O+. The molecule has 0 radical (unpaired) electrons. The Morgan fingerprint density at radius 3 is 2.22 bits per heavy atom. The zero-order valence-electron chi connectivity index (χ0n) is 13.9. The summed E-state index contributed by atoms with van der Waals surface area (Å²) in [6, 6.07) is 20.4. The highest BCUT2D eigenvalue weighted by Crippen LogP contribution is 2.12. The molecule has 2 aromatic rings. The van der Waals surface area contributed by atoms with Gasteiger partial charge in [-0.05, 0) is 18.2 Å². The quantitative estimate of drug-likeness (QED) is 0.344. The van der Waals surface area contributed by atoms with E-state index in [-0.39, 0.29) is 0 Å². The lowest BCUT2D eigenvalue weighted by Crippen LogP contribution is -2.07. The third kappa shape index (κ3) is 5.15. The topological polar surface area (TPSA) is 15.5 Å². The van der Waals surface area contributed by atoms with Crippen LogP contribution in [0.4, 0.5) is 11.4 Å². The maximum atomic E-state index is 5.41. The lowest BCUT2D eigenvalue weighted by atomic mass is 10.3. The molecule has 0 amide bonds. The molecule has 118 valence electrons. The number of anilines is 1. The molecule has 0 aromatic heterocycles. The van der Waals surface area contributed by atoms with E-state index in [4.69, 9.17) is 4.74 Å². The molecule has 0 aliphatic heterocycles. The van der Waals surface area contributed by atoms with Crippen LogP contribution in [-0.4, -0.2) is 32.0 Å². The molecule has 0 saturated carbocycles. The minimum absolute atomic E-state index is 0.788. The van der Waals surface area contributed by atoms with Crippen LogP contribution >= 0.6 is 0 Å². The lowest BCUT2D eigenvalue weighted by Gasteiger charge is -2.13. The maximum absolute atomic E-state index is 5.41. The first-order valence-electron chi connectivity index (χ1n) is 7.54. The average Bonchev–Trinajstić information content (AvgIpc) is 2.62. The standard InChI is InChI=1S/C20H23N2O/c1-21(18-10-6-4-7-11-18)16-14-20(23-3)15-17-22(2)19-12-8-5-9-13-19/h4-17H,1-3H3/q+1. The highest BCUT2D eigenvalue weighted by Gasteiger charge is 2.00. The van der Waals surface area contributed by atoms with E-state index in [0.29, 0.717) is 0 Å². The van der Waals surface area contributed by atoms with Crippen LogP contribution < -0.4 is 4.90 Å². The van der Waals surface area contributed by atoms with Crippen molar-refractivity contribution in [2.24, 2.45) is 0 Å². The number of hydrogen-bond donors (Lipinski definition) is 0. The van der Waals surface area contributed by atoms with Crippen LogP contribution in [-0.2, 0) is 4.74 Å². The second kappa shape index (κ2) is 8.59. The fourth-order valence-electron chi connectivity index (χ4n) is 2.06. The van der Waals surface area contributed by atoms with E-state index >= 15 is 0 Å². The third-order valence-electron chi connectivity index (χ3n) is 3.49. The van der Waals surface area contributed by atoms with Gasteiger partial charge in [0, 0.05) is 37.1 Å². The molecule has 0 N–H and O–H groups in total. The van der Waals surface area contributed by atoms with Crippen molar-refractivity contribution in [3.63, 3.8) is 0 Å². The highest BCUT2D eigenvalue weighted by molar-refractivity contribution is 5.69. The smallest absolute Gasteiger partial charge is 0.204 e. The minimum atomic E-state index is 0.788. The number of benzene rings is 2. The molecule has 0 spiro atoms. The van der Waals surface area contributed by atoms with E-state index in [2.05, 4.69) is 24.3 Å². The molecular weight excluding hydrogens is 284 g/mol. The van der Waals surface area contributed by atoms with E-state index in [0.717, 1.165) is 17.1 Å². The van der Waals surface area contributed by atoms with Gasteiger partial charge in [0.15, 0.2) is 6.21 Å². The van der Waals surface area contributed by atoms with Gasteiger partial charge in [-0.3, -0.25) is 0 Å². The van der Waals surface area contributed by atoms with Gasteiger partial charge in [-0.2, -0.15) is 0 Å². The summed E-state index contributed by atoms with van der Waals surface area (Å²) in [6.45, 7) is 0. The highest BCUT2D eigenvalue weighted by atomic mass is 16.5. The molecule has 0 fully saturated rings. The van der Waals surface area contributed by atoms with Crippen LogP contribution in [0.3, 0.4) is 0 Å². The SMILES string of the molecule is COC(/C=C/N(C)c1ccccc1)=C/C=[N+](C)c1ccccc1. The molecule has 0 aliphatic carbocycles. The Bertz CT molecular complexity index is 688. The van der Waals surface area contributed by atoms with Gasteiger partial charge in [-0.25, -0.2) is 4.58 Å². The molecule has 3 nitrogen and oxygen atoms in total. The second-order valence-electron chi connectivity index (χ2n) is 5.13. The number of rotatable bonds is 6. The van der Waals surface area contributed by atoms with Gasteiger partial charge in [0.05, 0.1) is 7.11 Å². The van der Waals surface area contributed by atoms with Crippen molar-refractivity contribution in [3.8, 4) is 0 Å². The zero-order valence-corrected chi connectivity index (χ0v) is 13.9. The van der Waals surface area contributed by atoms with Gasteiger partial charge in [0.1, 0.15) is 12.8 Å². The number of methoxy groups -OCH3 is 1. The molecule has 3 heteroatoms. The van der Waals surface area contributed by atoms with E-state index in [1.807, 2.05) is 84.5 Å². The zero-order chi connectivity index (χ0) is 16.5. The Balaban J connectivity index is 2.09. The predicted octanol–water partition coefficient (Wildman–Crippen LogP) is 4.21. The molecule has 0 heterocycles. The van der Waals surface area contributed by atoms with Crippen molar-refractivity contribution < 1.29 is 9.31 Å². The van der Waals surface area contributed by atoms with Crippen LogP contribution in [0.1, 0.15) is 0 Å². The summed E-state index contributed by atoms with van der Waals surface area (Å²) in [5.41, 5.74) is 2.26. The molecule has 0 bridgehead atoms. The van der Waals surface area contributed by atoms with Gasteiger partial charge in [0.2, 0.25) is 5.69 Å². The number of para-hydroxylation sites is 2. The Labute approximate surface area is 138 Å². The number of hydrogen-bond acceptors (Lipinski definition) is 2. The summed E-state index contributed by atoms with van der Waals surface area (Å²) in [4.78, 5) is 2.05. The van der Waals surface area contributed by atoms with Crippen LogP contribution in [0, 0.1) is 0 Å². The van der Waals surface area contributed by atoms with Crippen molar-refractivity contribution in [1.29, 1.82) is 0 Å². The fourth-order valence-corrected chi connectivity index (χ4v) is 2.06. The van der Waals surface area contributed by atoms with Crippen LogP contribution in [0.5, 0.6) is 0 Å². The first kappa shape index (κ1) is 16.6. The van der Waals surface area contributed by atoms with Gasteiger partial charge in [-0.15, -0.1) is 0 Å². The van der Waals surface area contributed by atoms with Crippen LogP contribution in [0.2, 0.25) is 0 Å². The third-order valence-corrected chi connectivity index (χ3v) is 3.49. The molecule has 0 unspecified atom stereocenters. The Kier molecular flexibility index (Phi) is 6.18.